The minimum absolute atomic E-state index is 0.0249. The number of hydrogen-bond donors (Lipinski definition) is 1. The maximum atomic E-state index is 11.9. The molecule has 0 fully saturated rings. The normalized spacial score (nSPS) is 12.2. The lowest BCUT2D eigenvalue weighted by Gasteiger charge is -2.15. The van der Waals surface area contributed by atoms with Crippen LogP contribution in [-0.2, 0) is 11.2 Å². The lowest BCUT2D eigenvalue weighted by Crippen LogP contribution is -2.26. The molecule has 0 aliphatic heterocycles. The second-order valence-electron chi connectivity index (χ2n) is 4.53. The van der Waals surface area contributed by atoms with Gasteiger partial charge in [-0.25, -0.2) is 0 Å². The molecule has 1 heterocycles. The second kappa shape index (κ2) is 7.11. The number of amides is 1. The van der Waals surface area contributed by atoms with Crippen molar-refractivity contribution in [3.63, 3.8) is 0 Å². The fraction of sp³-hybridized carbons (Fsp3) is 0.267. The van der Waals surface area contributed by atoms with Crippen molar-refractivity contribution < 1.29 is 4.79 Å². The molecule has 1 aromatic carbocycles. The van der Waals surface area contributed by atoms with Gasteiger partial charge in [0.1, 0.15) is 0 Å². The van der Waals surface area contributed by atoms with E-state index < -0.39 is 0 Å². The Morgan fingerprint density at radius 3 is 2.80 bits per heavy atom. The van der Waals surface area contributed by atoms with Gasteiger partial charge in [0.05, 0.1) is 6.04 Å². The van der Waals surface area contributed by atoms with Gasteiger partial charge >= 0.3 is 0 Å². The Kier molecular flexibility index (Phi) is 5.46. The van der Waals surface area contributed by atoms with Crippen LogP contribution in [0, 0.1) is 0 Å². The van der Waals surface area contributed by atoms with Crippen molar-refractivity contribution in [2.45, 2.75) is 25.8 Å². The van der Waals surface area contributed by atoms with E-state index >= 15 is 0 Å². The van der Waals surface area contributed by atoms with E-state index in [1.165, 1.54) is 4.88 Å². The number of rotatable bonds is 5. The summed E-state index contributed by atoms with van der Waals surface area (Å²) < 4.78 is 0. The first kappa shape index (κ1) is 15.4. The quantitative estimate of drug-likeness (QED) is 0.834. The molecule has 2 nitrogen and oxygen atoms in total. The first-order valence-corrected chi connectivity index (χ1v) is 7.96. The molecule has 1 amide bonds. The standard InChI is InChI=1S/C15H15Cl2NOS/c1-10(13-6-4-11(16)9-14(13)17)18-15(19)7-5-12-3-2-8-20-12/h2-4,6,8-10H,5,7H2,1H3,(H,18,19)/t10-/m0/s1. The Bertz CT molecular complexity index is 584. The number of nitrogens with one attached hydrogen (secondary N) is 1. The molecule has 0 saturated heterocycles. The van der Waals surface area contributed by atoms with Crippen LogP contribution in [0.1, 0.15) is 29.8 Å². The van der Waals surface area contributed by atoms with Crippen LogP contribution < -0.4 is 5.32 Å². The molecule has 0 radical (unpaired) electrons. The van der Waals surface area contributed by atoms with Gasteiger partial charge in [0, 0.05) is 21.3 Å². The molecule has 0 spiro atoms. The van der Waals surface area contributed by atoms with Crippen molar-refractivity contribution >= 4 is 40.4 Å². The Morgan fingerprint density at radius 1 is 1.35 bits per heavy atom. The first-order valence-electron chi connectivity index (χ1n) is 6.33. The molecule has 0 bridgehead atoms. The Labute approximate surface area is 132 Å². The molecular weight excluding hydrogens is 313 g/mol. The van der Waals surface area contributed by atoms with Crippen LogP contribution in [0.3, 0.4) is 0 Å². The SMILES string of the molecule is C[C@H](NC(=O)CCc1cccs1)c1ccc(Cl)cc1Cl. The van der Waals surface area contributed by atoms with E-state index in [0.29, 0.717) is 16.5 Å². The highest BCUT2D eigenvalue weighted by Crippen LogP contribution is 2.26. The van der Waals surface area contributed by atoms with Crippen molar-refractivity contribution in [1.29, 1.82) is 0 Å². The number of halogens is 2. The third-order valence-corrected chi connectivity index (χ3v) is 4.48. The van der Waals surface area contributed by atoms with Gasteiger partial charge in [-0.1, -0.05) is 35.3 Å². The van der Waals surface area contributed by atoms with Gasteiger partial charge in [0.2, 0.25) is 5.91 Å². The van der Waals surface area contributed by atoms with Crippen LogP contribution in [0.5, 0.6) is 0 Å². The summed E-state index contributed by atoms with van der Waals surface area (Å²) in [6.45, 7) is 1.91. The zero-order valence-electron chi connectivity index (χ0n) is 11.0. The number of carbonyl (C=O) groups is 1. The molecule has 1 atom stereocenters. The minimum atomic E-state index is -0.129. The van der Waals surface area contributed by atoms with Gasteiger partial charge in [-0.3, -0.25) is 4.79 Å². The highest BCUT2D eigenvalue weighted by Gasteiger charge is 2.13. The molecule has 1 aromatic heterocycles. The van der Waals surface area contributed by atoms with Gasteiger partial charge in [-0.2, -0.15) is 0 Å². The van der Waals surface area contributed by atoms with E-state index in [1.807, 2.05) is 30.5 Å². The fourth-order valence-corrected chi connectivity index (χ4v) is 3.22. The lowest BCUT2D eigenvalue weighted by molar-refractivity contribution is -0.121. The summed E-state index contributed by atoms with van der Waals surface area (Å²) in [5, 5.41) is 6.14. The van der Waals surface area contributed by atoms with Crippen molar-refractivity contribution in [3.8, 4) is 0 Å². The maximum Gasteiger partial charge on any atom is 0.220 e. The molecule has 0 unspecified atom stereocenters. The summed E-state index contributed by atoms with van der Waals surface area (Å²) in [7, 11) is 0. The average Bonchev–Trinajstić information content (AvgIpc) is 2.89. The molecule has 20 heavy (non-hydrogen) atoms. The Hall–Kier alpha value is -1.03. The van der Waals surface area contributed by atoms with E-state index in [0.717, 1.165) is 12.0 Å². The molecule has 0 aliphatic rings. The zero-order chi connectivity index (χ0) is 14.5. The van der Waals surface area contributed by atoms with Crippen molar-refractivity contribution in [2.75, 3.05) is 0 Å². The van der Waals surface area contributed by atoms with Crippen LogP contribution in [0.2, 0.25) is 10.0 Å². The van der Waals surface area contributed by atoms with E-state index in [2.05, 4.69) is 5.32 Å². The third kappa shape index (κ3) is 4.23. The summed E-state index contributed by atoms with van der Waals surface area (Å²) in [5.74, 6) is 0.0249. The van der Waals surface area contributed by atoms with Crippen LogP contribution in [0.25, 0.3) is 0 Å². The van der Waals surface area contributed by atoms with Crippen LogP contribution in [-0.4, -0.2) is 5.91 Å². The van der Waals surface area contributed by atoms with Crippen LogP contribution >= 0.6 is 34.5 Å². The van der Waals surface area contributed by atoms with E-state index in [9.17, 15) is 4.79 Å². The Morgan fingerprint density at radius 2 is 2.15 bits per heavy atom. The van der Waals surface area contributed by atoms with Crippen molar-refractivity contribution in [3.05, 3.63) is 56.2 Å². The fourth-order valence-electron chi connectivity index (χ4n) is 1.94. The largest absolute Gasteiger partial charge is 0.350 e. The van der Waals surface area contributed by atoms with Gasteiger partial charge in [-0.05, 0) is 42.5 Å². The molecule has 0 saturated carbocycles. The number of hydrogen-bond acceptors (Lipinski definition) is 2. The summed E-state index contributed by atoms with van der Waals surface area (Å²) in [4.78, 5) is 13.1. The highest BCUT2D eigenvalue weighted by molar-refractivity contribution is 7.09. The van der Waals surface area contributed by atoms with Gasteiger partial charge in [0.25, 0.3) is 0 Å². The summed E-state index contributed by atoms with van der Waals surface area (Å²) in [6, 6.07) is 9.21. The average molecular weight is 328 g/mol. The predicted molar refractivity (Wildman–Crippen MR) is 85.7 cm³/mol. The molecule has 106 valence electrons. The van der Waals surface area contributed by atoms with Gasteiger partial charge in [0.15, 0.2) is 0 Å². The molecule has 1 N–H and O–H groups in total. The molecular formula is C15H15Cl2NOS. The minimum Gasteiger partial charge on any atom is -0.350 e. The van der Waals surface area contributed by atoms with E-state index in [-0.39, 0.29) is 11.9 Å². The monoisotopic (exact) mass is 327 g/mol. The highest BCUT2D eigenvalue weighted by atomic mass is 35.5. The van der Waals surface area contributed by atoms with Crippen LogP contribution in [0.4, 0.5) is 0 Å². The summed E-state index contributed by atoms with van der Waals surface area (Å²) >= 11 is 13.7. The van der Waals surface area contributed by atoms with Gasteiger partial charge in [-0.15, -0.1) is 11.3 Å². The van der Waals surface area contributed by atoms with Gasteiger partial charge < -0.3 is 5.32 Å². The summed E-state index contributed by atoms with van der Waals surface area (Å²) in [6.07, 6.45) is 1.25. The van der Waals surface area contributed by atoms with Crippen LogP contribution in [0.15, 0.2) is 35.7 Å². The van der Waals surface area contributed by atoms with Crippen molar-refractivity contribution in [1.82, 2.24) is 5.32 Å². The zero-order valence-corrected chi connectivity index (χ0v) is 13.4. The lowest BCUT2D eigenvalue weighted by atomic mass is 10.1. The predicted octanol–water partition coefficient (Wildman–Crippen LogP) is 4.86. The van der Waals surface area contributed by atoms with E-state index in [4.69, 9.17) is 23.2 Å². The molecule has 0 aliphatic carbocycles. The number of carbonyl (C=O) groups excluding carboxylic acids is 1. The summed E-state index contributed by atoms with van der Waals surface area (Å²) in [5.41, 5.74) is 0.876. The smallest absolute Gasteiger partial charge is 0.220 e. The van der Waals surface area contributed by atoms with Crippen molar-refractivity contribution in [2.24, 2.45) is 0 Å². The molecule has 2 rings (SSSR count). The number of thiophene rings is 1. The third-order valence-electron chi connectivity index (χ3n) is 2.99. The first-order chi connectivity index (χ1) is 9.56. The number of benzene rings is 1. The van der Waals surface area contributed by atoms with E-state index in [1.54, 1.807) is 23.5 Å². The number of aryl methyl sites for hydroxylation is 1. The maximum absolute atomic E-state index is 11.9. The molecule has 5 heteroatoms. The molecule has 2 aromatic rings. The topological polar surface area (TPSA) is 29.1 Å². The Balaban J connectivity index is 1.90. The second-order valence-corrected chi connectivity index (χ2v) is 6.41.